The van der Waals surface area contributed by atoms with Crippen LogP contribution >= 0.6 is 0 Å². The maximum atomic E-state index is 10.6. The highest BCUT2D eigenvalue weighted by molar-refractivity contribution is 5.45. The third kappa shape index (κ3) is 3.72. The SMILES string of the molecule is COc1c(C)cc(C)cc1C(O)CN1CCCNCC1. The summed E-state index contributed by atoms with van der Waals surface area (Å²) in [6, 6.07) is 4.12. The molecule has 0 saturated carbocycles. The molecular weight excluding hydrogens is 252 g/mol. The minimum absolute atomic E-state index is 0.498. The van der Waals surface area contributed by atoms with E-state index >= 15 is 0 Å². The fourth-order valence-corrected chi connectivity index (χ4v) is 2.94. The van der Waals surface area contributed by atoms with Gasteiger partial charge < -0.3 is 15.2 Å². The topological polar surface area (TPSA) is 44.7 Å². The summed E-state index contributed by atoms with van der Waals surface area (Å²) in [7, 11) is 1.67. The van der Waals surface area contributed by atoms with Crippen LogP contribution in [0.5, 0.6) is 5.75 Å². The highest BCUT2D eigenvalue weighted by atomic mass is 16.5. The molecule has 2 rings (SSSR count). The molecule has 0 spiro atoms. The number of β-amino-alcohol motifs (C(OH)–C–C–N with tert-alkyl or cyclic N) is 1. The fraction of sp³-hybridized carbons (Fsp3) is 0.625. The second-order valence-electron chi connectivity index (χ2n) is 5.62. The van der Waals surface area contributed by atoms with Crippen molar-refractivity contribution >= 4 is 0 Å². The third-order valence-electron chi connectivity index (χ3n) is 3.87. The molecule has 4 heteroatoms. The van der Waals surface area contributed by atoms with Crippen molar-refractivity contribution in [3.05, 3.63) is 28.8 Å². The summed E-state index contributed by atoms with van der Waals surface area (Å²) >= 11 is 0. The molecule has 0 radical (unpaired) electrons. The molecule has 1 atom stereocenters. The number of nitrogens with zero attached hydrogens (tertiary/aromatic N) is 1. The first-order chi connectivity index (χ1) is 9.61. The van der Waals surface area contributed by atoms with Crippen LogP contribution in [0.4, 0.5) is 0 Å². The number of ether oxygens (including phenoxy) is 1. The van der Waals surface area contributed by atoms with Gasteiger partial charge in [0.2, 0.25) is 0 Å². The maximum absolute atomic E-state index is 10.6. The van der Waals surface area contributed by atoms with Crippen molar-refractivity contribution in [1.82, 2.24) is 10.2 Å². The van der Waals surface area contributed by atoms with Gasteiger partial charge in [-0.1, -0.05) is 11.6 Å². The number of aliphatic hydroxyl groups excluding tert-OH is 1. The zero-order valence-electron chi connectivity index (χ0n) is 12.8. The largest absolute Gasteiger partial charge is 0.496 e. The summed E-state index contributed by atoms with van der Waals surface area (Å²) in [4.78, 5) is 2.32. The van der Waals surface area contributed by atoms with Gasteiger partial charge in [-0.25, -0.2) is 0 Å². The van der Waals surface area contributed by atoms with Gasteiger partial charge in [0, 0.05) is 25.2 Å². The first-order valence-electron chi connectivity index (χ1n) is 7.38. The number of hydrogen-bond donors (Lipinski definition) is 2. The van der Waals surface area contributed by atoms with Gasteiger partial charge in [0.15, 0.2) is 0 Å². The lowest BCUT2D eigenvalue weighted by Gasteiger charge is -2.25. The average molecular weight is 278 g/mol. The summed E-state index contributed by atoms with van der Waals surface area (Å²) in [6.07, 6.45) is 0.637. The van der Waals surface area contributed by atoms with Gasteiger partial charge in [-0.3, -0.25) is 4.90 Å². The zero-order chi connectivity index (χ0) is 14.5. The second kappa shape index (κ2) is 7.07. The van der Waals surface area contributed by atoms with Gasteiger partial charge >= 0.3 is 0 Å². The maximum Gasteiger partial charge on any atom is 0.127 e. The van der Waals surface area contributed by atoms with Crippen LogP contribution in [0, 0.1) is 13.8 Å². The summed E-state index contributed by atoms with van der Waals surface area (Å²) in [5.74, 6) is 0.816. The molecule has 1 aromatic rings. The minimum Gasteiger partial charge on any atom is -0.496 e. The average Bonchev–Trinajstić information content (AvgIpc) is 2.66. The molecule has 2 N–H and O–H groups in total. The van der Waals surface area contributed by atoms with Gasteiger partial charge in [-0.05, 0) is 45.0 Å². The molecular formula is C16H26N2O2. The Hall–Kier alpha value is -1.10. The van der Waals surface area contributed by atoms with Crippen LogP contribution in [0.25, 0.3) is 0 Å². The lowest BCUT2D eigenvalue weighted by atomic mass is 10.0. The molecule has 1 aliphatic heterocycles. The Morgan fingerprint density at radius 1 is 1.30 bits per heavy atom. The minimum atomic E-state index is -0.498. The van der Waals surface area contributed by atoms with Gasteiger partial charge in [0.25, 0.3) is 0 Å². The van der Waals surface area contributed by atoms with Crippen molar-refractivity contribution in [3.63, 3.8) is 0 Å². The zero-order valence-corrected chi connectivity index (χ0v) is 12.8. The van der Waals surface area contributed by atoms with Crippen LogP contribution in [0.3, 0.4) is 0 Å². The van der Waals surface area contributed by atoms with Crippen molar-refractivity contribution < 1.29 is 9.84 Å². The van der Waals surface area contributed by atoms with Crippen molar-refractivity contribution in [2.24, 2.45) is 0 Å². The predicted octanol–water partition coefficient (Wildman–Crippen LogP) is 1.64. The molecule has 1 saturated heterocycles. The Balaban J connectivity index is 2.13. The quantitative estimate of drug-likeness (QED) is 0.879. The van der Waals surface area contributed by atoms with Crippen LogP contribution < -0.4 is 10.1 Å². The van der Waals surface area contributed by atoms with Gasteiger partial charge in [0.1, 0.15) is 5.75 Å². The second-order valence-corrected chi connectivity index (χ2v) is 5.62. The Bertz CT molecular complexity index is 440. The van der Waals surface area contributed by atoms with Crippen LogP contribution in [0.1, 0.15) is 29.2 Å². The molecule has 1 aromatic carbocycles. The van der Waals surface area contributed by atoms with Crippen LogP contribution in [-0.4, -0.2) is 49.8 Å². The summed E-state index contributed by atoms with van der Waals surface area (Å²) in [5, 5.41) is 14.0. The number of methoxy groups -OCH3 is 1. The number of benzene rings is 1. The van der Waals surface area contributed by atoms with E-state index in [2.05, 4.69) is 23.2 Å². The predicted molar refractivity (Wildman–Crippen MR) is 81.4 cm³/mol. The first kappa shape index (κ1) is 15.3. The summed E-state index contributed by atoms with van der Waals surface area (Å²) in [6.45, 7) is 8.84. The molecule has 1 unspecified atom stereocenters. The molecule has 0 aliphatic carbocycles. The number of nitrogens with one attached hydrogen (secondary N) is 1. The van der Waals surface area contributed by atoms with Crippen LogP contribution in [-0.2, 0) is 0 Å². The highest BCUT2D eigenvalue weighted by Crippen LogP contribution is 2.30. The van der Waals surface area contributed by atoms with E-state index in [0.29, 0.717) is 6.54 Å². The van der Waals surface area contributed by atoms with E-state index < -0.39 is 6.10 Å². The van der Waals surface area contributed by atoms with Crippen LogP contribution in [0.15, 0.2) is 12.1 Å². The van der Waals surface area contributed by atoms with Gasteiger partial charge in [-0.15, -0.1) is 0 Å². The smallest absolute Gasteiger partial charge is 0.127 e. The Kier molecular flexibility index (Phi) is 5.40. The Labute approximate surface area is 121 Å². The molecule has 1 aliphatic rings. The third-order valence-corrected chi connectivity index (χ3v) is 3.87. The standard InChI is InChI=1S/C16H26N2O2/c1-12-9-13(2)16(20-3)14(10-12)15(19)11-18-7-4-5-17-6-8-18/h9-10,15,17,19H,4-8,11H2,1-3H3. The number of aryl methyl sites for hydroxylation is 2. The van der Waals surface area contributed by atoms with Crippen molar-refractivity contribution in [2.75, 3.05) is 39.8 Å². The molecule has 0 bridgehead atoms. The molecule has 112 valence electrons. The fourth-order valence-electron chi connectivity index (χ4n) is 2.94. The Morgan fingerprint density at radius 2 is 2.10 bits per heavy atom. The lowest BCUT2D eigenvalue weighted by molar-refractivity contribution is 0.114. The molecule has 0 amide bonds. The van der Waals surface area contributed by atoms with E-state index in [4.69, 9.17) is 4.74 Å². The Morgan fingerprint density at radius 3 is 2.85 bits per heavy atom. The highest BCUT2D eigenvalue weighted by Gasteiger charge is 2.19. The summed E-state index contributed by atoms with van der Waals surface area (Å²) < 4.78 is 5.48. The number of aliphatic hydroxyl groups is 1. The normalized spacial score (nSPS) is 18.6. The van der Waals surface area contributed by atoms with E-state index in [1.165, 1.54) is 0 Å². The summed E-state index contributed by atoms with van der Waals surface area (Å²) in [5.41, 5.74) is 3.15. The first-order valence-corrected chi connectivity index (χ1v) is 7.38. The molecule has 4 nitrogen and oxygen atoms in total. The monoisotopic (exact) mass is 278 g/mol. The number of hydrogen-bond acceptors (Lipinski definition) is 4. The van der Waals surface area contributed by atoms with Gasteiger partial charge in [0.05, 0.1) is 13.2 Å². The van der Waals surface area contributed by atoms with E-state index in [0.717, 1.165) is 55.0 Å². The van der Waals surface area contributed by atoms with Gasteiger partial charge in [-0.2, -0.15) is 0 Å². The van der Waals surface area contributed by atoms with E-state index in [9.17, 15) is 5.11 Å². The molecule has 0 aromatic heterocycles. The van der Waals surface area contributed by atoms with Crippen LogP contribution in [0.2, 0.25) is 0 Å². The van der Waals surface area contributed by atoms with Crippen molar-refractivity contribution in [1.29, 1.82) is 0 Å². The van der Waals surface area contributed by atoms with E-state index in [1.54, 1.807) is 7.11 Å². The number of rotatable bonds is 4. The molecule has 1 fully saturated rings. The lowest BCUT2D eigenvalue weighted by Crippen LogP contribution is -2.32. The van der Waals surface area contributed by atoms with Crippen molar-refractivity contribution in [3.8, 4) is 5.75 Å². The van der Waals surface area contributed by atoms with Crippen molar-refractivity contribution in [2.45, 2.75) is 26.4 Å². The van der Waals surface area contributed by atoms with E-state index in [-0.39, 0.29) is 0 Å². The molecule has 20 heavy (non-hydrogen) atoms. The van der Waals surface area contributed by atoms with E-state index in [1.807, 2.05) is 13.0 Å². The molecule has 1 heterocycles.